The lowest BCUT2D eigenvalue weighted by Crippen LogP contribution is -2.29. The molecule has 0 unspecified atom stereocenters. The van der Waals surface area contributed by atoms with Crippen LogP contribution in [-0.2, 0) is 0 Å². The third kappa shape index (κ3) is 11.4. The zero-order valence-corrected chi connectivity index (χ0v) is 46.1. The quantitative estimate of drug-likeness (QED) is 0.145. The van der Waals surface area contributed by atoms with Gasteiger partial charge in [0.2, 0.25) is 5.28 Å². The average molecular weight is 1130 g/mol. The summed E-state index contributed by atoms with van der Waals surface area (Å²) in [4.78, 5) is 28.0. The summed E-state index contributed by atoms with van der Waals surface area (Å²) in [6.45, 7) is 0. The predicted molar refractivity (Wildman–Crippen MR) is 335 cm³/mol. The van der Waals surface area contributed by atoms with E-state index in [-0.39, 0.29) is 5.28 Å². The van der Waals surface area contributed by atoms with Gasteiger partial charge >= 0.3 is 7.12 Å². The van der Waals surface area contributed by atoms with E-state index in [1.165, 1.54) is 4.70 Å². The number of hydrogen-bond acceptors (Lipinski definition) is 10. The molecule has 14 aromatic rings. The Morgan fingerprint density at radius 3 is 1.10 bits per heavy atom. The van der Waals surface area contributed by atoms with Gasteiger partial charge in [-0.3, -0.25) is 0 Å². The van der Waals surface area contributed by atoms with Crippen molar-refractivity contribution >= 4 is 110 Å². The Labute approximate surface area is 484 Å². The molecule has 0 saturated heterocycles. The first-order valence-electron chi connectivity index (χ1n) is 25.4. The molecule has 80 heavy (non-hydrogen) atoms. The predicted octanol–water partition coefficient (Wildman–Crippen LogP) is 17.5. The van der Waals surface area contributed by atoms with E-state index >= 15 is 0 Å². The third-order valence-electron chi connectivity index (χ3n) is 13.2. The fourth-order valence-corrected chi connectivity index (χ4v) is 12.2. The smallest absolute Gasteiger partial charge is 0.423 e. The van der Waals surface area contributed by atoms with Gasteiger partial charge in [0.15, 0.2) is 29.1 Å². The minimum Gasteiger partial charge on any atom is -0.423 e. The average Bonchev–Trinajstić information content (AvgIpc) is 4.10. The maximum atomic E-state index is 9.18. The molecule has 0 atom stereocenters. The molecular weight excluding hydrogens is 1090 g/mol. The second-order valence-corrected chi connectivity index (χ2v) is 21.7. The Morgan fingerprint density at radius 2 is 0.637 bits per heavy atom. The van der Waals surface area contributed by atoms with Crippen molar-refractivity contribution in [2.45, 2.75) is 0 Å². The van der Waals surface area contributed by atoms with Crippen LogP contribution in [0.25, 0.3) is 120 Å². The normalized spacial score (nSPS) is 11.1. The molecule has 0 saturated carbocycles. The molecule has 14 heteroatoms. The van der Waals surface area contributed by atoms with Crippen LogP contribution in [0.15, 0.2) is 243 Å². The minimum absolute atomic E-state index is 0.189. The molecule has 8 nitrogen and oxygen atoms in total. The highest BCUT2D eigenvalue weighted by atomic mass is 35.5. The summed E-state index contributed by atoms with van der Waals surface area (Å²) in [5.74, 6) is 3.07. The number of rotatable bonds is 8. The van der Waals surface area contributed by atoms with Gasteiger partial charge in [0.1, 0.15) is 0 Å². The number of nitrogens with zero attached hydrogens (tertiary/aromatic N) is 6. The first-order valence-corrected chi connectivity index (χ1v) is 28.1. The Balaban J connectivity index is 0.000000130. The molecule has 0 aliphatic carbocycles. The molecule has 0 fully saturated rings. The summed E-state index contributed by atoms with van der Waals surface area (Å²) in [5, 5.41) is 24.4. The number of benzene rings is 10. The van der Waals surface area contributed by atoms with E-state index in [0.717, 1.165) is 95.8 Å². The number of halogens is 3. The van der Waals surface area contributed by atoms with Gasteiger partial charge < -0.3 is 10.0 Å². The molecule has 0 spiro atoms. The summed E-state index contributed by atoms with van der Waals surface area (Å²) in [6.07, 6.45) is 0. The van der Waals surface area contributed by atoms with Crippen molar-refractivity contribution in [3.8, 4) is 79.2 Å². The van der Waals surface area contributed by atoms with Gasteiger partial charge in [-0.1, -0.05) is 217 Å². The lowest BCUT2D eigenvalue weighted by Gasteiger charge is -2.10. The van der Waals surface area contributed by atoms with Crippen LogP contribution in [0.2, 0.25) is 15.3 Å². The summed E-state index contributed by atoms with van der Waals surface area (Å²) >= 11 is 22.1. The molecular formula is C66H42BCl3N6O2S2. The van der Waals surface area contributed by atoms with E-state index in [1.54, 1.807) is 34.8 Å². The van der Waals surface area contributed by atoms with E-state index in [1.807, 2.05) is 146 Å². The number of hydrogen-bond donors (Lipinski definition) is 2. The second kappa shape index (κ2) is 23.5. The summed E-state index contributed by atoms with van der Waals surface area (Å²) in [5.41, 5.74) is 9.68. The largest absolute Gasteiger partial charge is 0.488 e. The molecule has 0 aliphatic rings. The Bertz CT molecular complexity index is 4520. The van der Waals surface area contributed by atoms with Crippen molar-refractivity contribution in [3.63, 3.8) is 0 Å². The highest BCUT2D eigenvalue weighted by molar-refractivity contribution is 7.26. The van der Waals surface area contributed by atoms with E-state index in [9.17, 15) is 10.0 Å². The molecule has 2 N–H and O–H groups in total. The lowest BCUT2D eigenvalue weighted by molar-refractivity contribution is 0.426. The first-order chi connectivity index (χ1) is 39.2. The van der Waals surface area contributed by atoms with E-state index in [2.05, 4.69) is 99.9 Å². The number of aromatic nitrogens is 6. The number of fused-ring (bicyclic) bond motifs is 6. The highest BCUT2D eigenvalue weighted by Gasteiger charge is 2.17. The molecule has 0 bridgehead atoms. The van der Waals surface area contributed by atoms with Crippen LogP contribution in [0.4, 0.5) is 0 Å². The van der Waals surface area contributed by atoms with E-state index < -0.39 is 7.12 Å². The van der Waals surface area contributed by atoms with Gasteiger partial charge in [-0.2, -0.15) is 9.97 Å². The van der Waals surface area contributed by atoms with Gasteiger partial charge in [-0.15, -0.1) is 22.7 Å². The molecule has 4 heterocycles. The molecule has 10 aromatic carbocycles. The van der Waals surface area contributed by atoms with Crippen molar-refractivity contribution in [1.82, 2.24) is 29.9 Å². The third-order valence-corrected chi connectivity index (χ3v) is 16.7. The molecule has 14 rings (SSSR count). The Kier molecular flexibility index (Phi) is 15.3. The Morgan fingerprint density at radius 1 is 0.287 bits per heavy atom. The van der Waals surface area contributed by atoms with Crippen LogP contribution in [0, 0.1) is 0 Å². The SMILES string of the molecule is Clc1cccc2c1sc1ccc(-c3nc(-c4ccccc4)nc(-c4cccc(-c5ccccc5)c4)n3)cc12.Clc1nc(-c2ccccc2)nc(-c2cccc(-c3ccccc3)c2)n1.OB(O)c1ccc2sc3c(Cl)cccc3c2c1. The fourth-order valence-electron chi connectivity index (χ4n) is 9.33. The zero-order chi connectivity index (χ0) is 54.5. The lowest BCUT2D eigenvalue weighted by atomic mass is 9.80. The molecule has 0 amide bonds. The van der Waals surface area contributed by atoms with Gasteiger partial charge in [-0.05, 0) is 87.8 Å². The van der Waals surface area contributed by atoms with Crippen molar-refractivity contribution in [2.75, 3.05) is 0 Å². The van der Waals surface area contributed by atoms with Gasteiger partial charge in [0.05, 0.1) is 19.4 Å². The van der Waals surface area contributed by atoms with Crippen LogP contribution in [0.3, 0.4) is 0 Å². The molecule has 384 valence electrons. The van der Waals surface area contributed by atoms with Crippen LogP contribution in [0.5, 0.6) is 0 Å². The van der Waals surface area contributed by atoms with Crippen molar-refractivity contribution in [3.05, 3.63) is 258 Å². The molecule has 0 radical (unpaired) electrons. The Hall–Kier alpha value is -8.49. The van der Waals surface area contributed by atoms with E-state index in [0.29, 0.717) is 34.6 Å². The molecule has 0 aliphatic heterocycles. The maximum absolute atomic E-state index is 9.18. The first kappa shape index (κ1) is 52.2. The standard InChI is InChI=1S/C33H20ClN3S.C21H14ClN3.C12H8BClO2S/c34-28-16-8-15-26-27-20-25(17-18-29(27)38-30(26)28)33-36-31(22-11-5-2-6-12-22)35-32(37-33)24-14-7-13-23(19-24)21-9-3-1-4-10-21;22-21-24-19(16-10-5-2-6-11-16)23-20(25-21)18-13-7-12-17(14-18)15-8-3-1-4-9-15;14-10-3-1-2-8-9-6-7(13(15)16)4-5-11(9)17-12(8)10/h1-20H;1-14H;1-6,15-16H. The summed E-state index contributed by atoms with van der Waals surface area (Å²) in [7, 11) is -1.44. The van der Waals surface area contributed by atoms with E-state index in [4.69, 9.17) is 49.8 Å². The van der Waals surface area contributed by atoms with Crippen molar-refractivity contribution < 1.29 is 10.0 Å². The fraction of sp³-hybridized carbons (Fsp3) is 0. The zero-order valence-electron chi connectivity index (χ0n) is 42.2. The topological polar surface area (TPSA) is 118 Å². The summed E-state index contributed by atoms with van der Waals surface area (Å²) in [6, 6.07) is 80.4. The summed E-state index contributed by atoms with van der Waals surface area (Å²) < 4.78 is 4.41. The van der Waals surface area contributed by atoms with Crippen molar-refractivity contribution in [2.24, 2.45) is 0 Å². The van der Waals surface area contributed by atoms with Gasteiger partial charge in [-0.25, -0.2) is 19.9 Å². The minimum atomic E-state index is -1.44. The monoisotopic (exact) mass is 1130 g/mol. The van der Waals surface area contributed by atoms with Crippen LogP contribution < -0.4 is 5.46 Å². The number of thiophene rings is 2. The second-order valence-electron chi connectivity index (χ2n) is 18.5. The maximum Gasteiger partial charge on any atom is 0.488 e. The van der Waals surface area contributed by atoms with Gasteiger partial charge in [0.25, 0.3) is 0 Å². The van der Waals surface area contributed by atoms with Crippen molar-refractivity contribution in [1.29, 1.82) is 0 Å². The van der Waals surface area contributed by atoms with Gasteiger partial charge in [0, 0.05) is 58.8 Å². The van der Waals surface area contributed by atoms with Crippen LogP contribution in [0.1, 0.15) is 0 Å². The molecule has 4 aromatic heterocycles. The highest BCUT2D eigenvalue weighted by Crippen LogP contribution is 2.40. The van der Waals surface area contributed by atoms with Crippen LogP contribution in [-0.4, -0.2) is 47.1 Å². The van der Waals surface area contributed by atoms with Crippen LogP contribution >= 0.6 is 57.5 Å².